The van der Waals surface area contributed by atoms with Crippen LogP contribution in [-0.4, -0.2) is 35.9 Å². The second-order valence-corrected chi connectivity index (χ2v) is 5.38. The lowest BCUT2D eigenvalue weighted by Gasteiger charge is -2.30. The molecule has 0 radical (unpaired) electrons. The molecule has 0 bridgehead atoms. The molecular weight excluding hydrogens is 258 g/mol. The molecule has 1 fully saturated rings. The largest absolute Gasteiger partial charge is 0.485 e. The number of aliphatic hydroxyl groups is 1. The molecule has 0 spiro atoms. The molecule has 1 aromatic rings. The summed E-state index contributed by atoms with van der Waals surface area (Å²) in [6.07, 6.45) is 2.31. The Bertz CT molecular complexity index is 483. The van der Waals surface area contributed by atoms with E-state index in [0.717, 1.165) is 25.7 Å². The third kappa shape index (κ3) is 2.88. The molecule has 20 heavy (non-hydrogen) atoms. The van der Waals surface area contributed by atoms with Crippen molar-refractivity contribution in [3.63, 3.8) is 0 Å². The summed E-state index contributed by atoms with van der Waals surface area (Å²) in [6.45, 7) is 0.234. The van der Waals surface area contributed by atoms with Crippen LogP contribution in [0.1, 0.15) is 25.7 Å². The number of amides is 1. The maximum Gasteiger partial charge on any atom is 0.264 e. The van der Waals surface area contributed by atoms with E-state index in [-0.39, 0.29) is 24.7 Å². The van der Waals surface area contributed by atoms with Crippen molar-refractivity contribution >= 4 is 5.91 Å². The molecule has 3 rings (SSSR count). The minimum atomic E-state index is -0.600. The van der Waals surface area contributed by atoms with Crippen molar-refractivity contribution in [3.05, 3.63) is 24.3 Å². The van der Waals surface area contributed by atoms with Gasteiger partial charge in [-0.05, 0) is 37.8 Å². The second kappa shape index (κ2) is 5.71. The van der Waals surface area contributed by atoms with Gasteiger partial charge in [0.2, 0.25) is 6.10 Å². The maximum atomic E-state index is 12.2. The fourth-order valence-electron chi connectivity index (χ4n) is 2.66. The highest BCUT2D eigenvalue weighted by Gasteiger charge is 2.29. The molecule has 2 N–H and O–H groups in total. The molecular formula is C15H19NO4. The fourth-order valence-corrected chi connectivity index (χ4v) is 2.66. The van der Waals surface area contributed by atoms with E-state index >= 15 is 0 Å². The van der Waals surface area contributed by atoms with Gasteiger partial charge in [0.1, 0.15) is 6.61 Å². The van der Waals surface area contributed by atoms with Crippen LogP contribution in [0.2, 0.25) is 0 Å². The number of fused-ring (bicyclic) bond motifs is 1. The highest BCUT2D eigenvalue weighted by molar-refractivity contribution is 5.82. The van der Waals surface area contributed by atoms with Gasteiger partial charge in [0.05, 0.1) is 6.10 Å². The molecule has 1 unspecified atom stereocenters. The molecule has 1 amide bonds. The first-order chi connectivity index (χ1) is 9.72. The Morgan fingerprint density at radius 1 is 1.15 bits per heavy atom. The highest BCUT2D eigenvalue weighted by Crippen LogP contribution is 2.31. The van der Waals surface area contributed by atoms with E-state index in [0.29, 0.717) is 11.5 Å². The number of carbonyl (C=O) groups is 1. The Morgan fingerprint density at radius 3 is 2.60 bits per heavy atom. The summed E-state index contributed by atoms with van der Waals surface area (Å²) in [5, 5.41) is 12.4. The van der Waals surface area contributed by atoms with Crippen LogP contribution in [0.5, 0.6) is 11.5 Å². The third-order valence-corrected chi connectivity index (χ3v) is 3.84. The van der Waals surface area contributed by atoms with Crippen molar-refractivity contribution in [3.8, 4) is 11.5 Å². The standard InChI is InChI=1S/C15H19NO4/c17-11-7-5-10(6-8-11)16-15(18)14-9-19-12-3-1-2-4-13(12)20-14/h1-4,10-11,14,17H,5-9H2,(H,16,18). The predicted molar refractivity (Wildman–Crippen MR) is 72.8 cm³/mol. The van der Waals surface area contributed by atoms with Crippen molar-refractivity contribution < 1.29 is 19.4 Å². The predicted octanol–water partition coefficient (Wildman–Crippen LogP) is 1.25. The minimum absolute atomic E-state index is 0.131. The molecule has 5 nitrogen and oxygen atoms in total. The summed E-state index contributed by atoms with van der Waals surface area (Å²) >= 11 is 0. The summed E-state index contributed by atoms with van der Waals surface area (Å²) in [5.41, 5.74) is 0. The number of carbonyl (C=O) groups excluding carboxylic acids is 1. The lowest BCUT2D eigenvalue weighted by atomic mass is 9.93. The first-order valence-corrected chi connectivity index (χ1v) is 7.09. The molecule has 0 saturated heterocycles. The SMILES string of the molecule is O=C(NC1CCC(O)CC1)C1COc2ccccc2O1. The van der Waals surface area contributed by atoms with Crippen molar-refractivity contribution in [2.45, 2.75) is 43.9 Å². The summed E-state index contributed by atoms with van der Waals surface area (Å²) in [6, 6.07) is 7.48. The lowest BCUT2D eigenvalue weighted by molar-refractivity contribution is -0.131. The average Bonchev–Trinajstić information content (AvgIpc) is 2.49. The van der Waals surface area contributed by atoms with Gasteiger partial charge in [0.25, 0.3) is 5.91 Å². The molecule has 1 aliphatic heterocycles. The number of rotatable bonds is 2. The first kappa shape index (κ1) is 13.2. The molecule has 2 aliphatic rings. The molecule has 5 heteroatoms. The average molecular weight is 277 g/mol. The van der Waals surface area contributed by atoms with Gasteiger partial charge in [-0.15, -0.1) is 0 Å². The van der Waals surface area contributed by atoms with Gasteiger partial charge in [-0.25, -0.2) is 0 Å². The topological polar surface area (TPSA) is 67.8 Å². The number of para-hydroxylation sites is 2. The molecule has 1 aliphatic carbocycles. The molecule has 1 atom stereocenters. The number of hydrogen-bond donors (Lipinski definition) is 2. The van der Waals surface area contributed by atoms with Crippen LogP contribution in [0.4, 0.5) is 0 Å². The lowest BCUT2D eigenvalue weighted by Crippen LogP contribution is -2.48. The van der Waals surface area contributed by atoms with Crippen LogP contribution in [-0.2, 0) is 4.79 Å². The molecule has 1 heterocycles. The van der Waals surface area contributed by atoms with E-state index in [2.05, 4.69) is 5.32 Å². The van der Waals surface area contributed by atoms with E-state index in [4.69, 9.17) is 9.47 Å². The number of benzene rings is 1. The van der Waals surface area contributed by atoms with E-state index in [1.165, 1.54) is 0 Å². The van der Waals surface area contributed by atoms with Gasteiger partial charge >= 0.3 is 0 Å². The summed E-state index contributed by atoms with van der Waals surface area (Å²) < 4.78 is 11.2. The maximum absolute atomic E-state index is 12.2. The summed E-state index contributed by atoms with van der Waals surface area (Å²) in [7, 11) is 0. The molecule has 0 aromatic heterocycles. The zero-order valence-electron chi connectivity index (χ0n) is 11.2. The Labute approximate surface area is 117 Å². The third-order valence-electron chi connectivity index (χ3n) is 3.84. The van der Waals surface area contributed by atoms with Gasteiger partial charge in [0.15, 0.2) is 11.5 Å². The quantitative estimate of drug-likeness (QED) is 0.853. The minimum Gasteiger partial charge on any atom is -0.485 e. The van der Waals surface area contributed by atoms with Crippen molar-refractivity contribution in [1.29, 1.82) is 0 Å². The monoisotopic (exact) mass is 277 g/mol. The normalized spacial score (nSPS) is 28.8. The Hall–Kier alpha value is -1.75. The first-order valence-electron chi connectivity index (χ1n) is 7.09. The van der Waals surface area contributed by atoms with Crippen LogP contribution in [0.25, 0.3) is 0 Å². The van der Waals surface area contributed by atoms with Gasteiger partial charge in [-0.2, -0.15) is 0 Å². The van der Waals surface area contributed by atoms with Crippen LogP contribution >= 0.6 is 0 Å². The summed E-state index contributed by atoms with van der Waals surface area (Å²) in [5.74, 6) is 1.15. The van der Waals surface area contributed by atoms with Gasteiger partial charge < -0.3 is 19.9 Å². The van der Waals surface area contributed by atoms with Crippen molar-refractivity contribution in [1.82, 2.24) is 5.32 Å². The highest BCUT2D eigenvalue weighted by atomic mass is 16.6. The molecule has 108 valence electrons. The van der Waals surface area contributed by atoms with Crippen LogP contribution in [0.15, 0.2) is 24.3 Å². The number of aliphatic hydroxyl groups excluding tert-OH is 1. The zero-order chi connectivity index (χ0) is 13.9. The Balaban J connectivity index is 1.56. The van der Waals surface area contributed by atoms with E-state index in [1.54, 1.807) is 6.07 Å². The van der Waals surface area contributed by atoms with Crippen LogP contribution in [0, 0.1) is 0 Å². The zero-order valence-corrected chi connectivity index (χ0v) is 11.2. The molecule has 1 aromatic carbocycles. The van der Waals surface area contributed by atoms with Gasteiger partial charge in [-0.1, -0.05) is 12.1 Å². The van der Waals surface area contributed by atoms with Crippen molar-refractivity contribution in [2.24, 2.45) is 0 Å². The van der Waals surface area contributed by atoms with Gasteiger partial charge in [-0.3, -0.25) is 4.79 Å². The van der Waals surface area contributed by atoms with Gasteiger partial charge in [0, 0.05) is 6.04 Å². The van der Waals surface area contributed by atoms with E-state index in [1.807, 2.05) is 18.2 Å². The number of hydrogen-bond acceptors (Lipinski definition) is 4. The van der Waals surface area contributed by atoms with E-state index < -0.39 is 6.10 Å². The van der Waals surface area contributed by atoms with Crippen molar-refractivity contribution in [2.75, 3.05) is 6.61 Å². The van der Waals surface area contributed by atoms with Crippen LogP contribution in [0.3, 0.4) is 0 Å². The number of ether oxygens (including phenoxy) is 2. The smallest absolute Gasteiger partial charge is 0.264 e. The van der Waals surface area contributed by atoms with Crippen LogP contribution < -0.4 is 14.8 Å². The van der Waals surface area contributed by atoms with E-state index in [9.17, 15) is 9.90 Å². The summed E-state index contributed by atoms with van der Waals surface area (Å²) in [4.78, 5) is 12.2. The Kier molecular flexibility index (Phi) is 3.78. The number of nitrogens with one attached hydrogen (secondary N) is 1. The fraction of sp³-hybridized carbons (Fsp3) is 0.533. The molecule has 1 saturated carbocycles. The Morgan fingerprint density at radius 2 is 1.85 bits per heavy atom. The second-order valence-electron chi connectivity index (χ2n) is 5.38.